The third-order valence-corrected chi connectivity index (χ3v) is 6.86. The smallest absolute Gasteiger partial charge is 0.325 e. The number of carbonyl (C=O) groups is 3. The highest BCUT2D eigenvalue weighted by Crippen LogP contribution is 2.35. The fraction of sp³-hybridized carbons (Fsp3) is 0.192. The predicted molar refractivity (Wildman–Crippen MR) is 131 cm³/mol. The van der Waals surface area contributed by atoms with Crippen molar-refractivity contribution in [3.63, 3.8) is 0 Å². The van der Waals surface area contributed by atoms with Gasteiger partial charge in [-0.25, -0.2) is 4.79 Å². The number of rotatable bonds is 7. The minimum atomic E-state index is -1.17. The molecule has 1 fully saturated rings. The van der Waals surface area contributed by atoms with Crippen LogP contribution < -0.4 is 20.1 Å². The summed E-state index contributed by atoms with van der Waals surface area (Å²) in [4.78, 5) is 41.5. The lowest BCUT2D eigenvalue weighted by molar-refractivity contribution is -0.133. The molecule has 0 spiro atoms. The van der Waals surface area contributed by atoms with Gasteiger partial charge < -0.3 is 20.1 Å². The van der Waals surface area contributed by atoms with E-state index >= 15 is 0 Å². The van der Waals surface area contributed by atoms with Gasteiger partial charge in [0, 0.05) is 16.2 Å². The Morgan fingerprint density at radius 2 is 1.77 bits per heavy atom. The molecule has 3 aromatic rings. The molecule has 4 amide bonds. The van der Waals surface area contributed by atoms with Gasteiger partial charge in [-0.05, 0) is 48.9 Å². The van der Waals surface area contributed by atoms with E-state index in [-0.39, 0.29) is 19.8 Å². The Morgan fingerprint density at radius 3 is 2.60 bits per heavy atom. The molecule has 1 atom stereocenters. The van der Waals surface area contributed by atoms with Crippen LogP contribution in [0.15, 0.2) is 82.6 Å². The number of ether oxygens (including phenoxy) is 2. The van der Waals surface area contributed by atoms with Crippen LogP contribution in [-0.4, -0.2) is 41.6 Å². The predicted octanol–water partition coefficient (Wildman–Crippen LogP) is 4.06. The van der Waals surface area contributed by atoms with Gasteiger partial charge in [-0.1, -0.05) is 48.2 Å². The number of nitrogens with zero attached hydrogens (tertiary/aromatic N) is 1. The molecule has 1 saturated heterocycles. The van der Waals surface area contributed by atoms with E-state index in [0.29, 0.717) is 17.2 Å². The van der Waals surface area contributed by atoms with Crippen LogP contribution in [0, 0.1) is 0 Å². The Hall–Kier alpha value is -3.98. The first-order chi connectivity index (χ1) is 16.9. The first-order valence-corrected chi connectivity index (χ1v) is 11.9. The number of fused-ring (bicyclic) bond motifs is 1. The summed E-state index contributed by atoms with van der Waals surface area (Å²) in [6.07, 6.45) is 0.253. The molecule has 2 heterocycles. The minimum absolute atomic E-state index is 0.154. The van der Waals surface area contributed by atoms with Crippen molar-refractivity contribution in [3.05, 3.63) is 78.4 Å². The van der Waals surface area contributed by atoms with Gasteiger partial charge in [0.2, 0.25) is 12.7 Å². The van der Waals surface area contributed by atoms with Crippen LogP contribution in [0.1, 0.15) is 12.5 Å². The zero-order valence-corrected chi connectivity index (χ0v) is 19.8. The zero-order chi connectivity index (χ0) is 24.4. The maximum atomic E-state index is 13.2. The summed E-state index contributed by atoms with van der Waals surface area (Å²) in [7, 11) is 0. The number of hydrogen-bond donors (Lipinski definition) is 2. The molecule has 0 saturated carbocycles. The van der Waals surface area contributed by atoms with Gasteiger partial charge in [-0.2, -0.15) is 0 Å². The molecule has 9 heteroatoms. The molecular formula is C26H23N3O5S. The van der Waals surface area contributed by atoms with Crippen molar-refractivity contribution < 1.29 is 23.9 Å². The van der Waals surface area contributed by atoms with Crippen molar-refractivity contribution in [2.75, 3.05) is 18.7 Å². The van der Waals surface area contributed by atoms with E-state index in [1.54, 1.807) is 25.1 Å². The summed E-state index contributed by atoms with van der Waals surface area (Å²) in [5.41, 5.74) is 0.247. The molecule has 5 rings (SSSR count). The average molecular weight is 490 g/mol. The molecule has 8 nitrogen and oxygen atoms in total. The van der Waals surface area contributed by atoms with E-state index in [4.69, 9.17) is 9.47 Å². The fourth-order valence-corrected chi connectivity index (χ4v) is 5.00. The van der Waals surface area contributed by atoms with Gasteiger partial charge in [0.05, 0.1) is 5.69 Å². The summed E-state index contributed by atoms with van der Waals surface area (Å²) in [6.45, 7) is 1.43. The van der Waals surface area contributed by atoms with Crippen LogP contribution in [0.2, 0.25) is 0 Å². The van der Waals surface area contributed by atoms with Crippen molar-refractivity contribution >= 4 is 35.3 Å². The SMILES string of the molecule is CC1(Cc2ccc3c(c2)OCO3)NC(=O)N(CC(=O)Nc2ccccc2Sc2ccccc2)C1=O. The third-order valence-electron chi connectivity index (χ3n) is 5.77. The number of imide groups is 1. The topological polar surface area (TPSA) is 97.0 Å². The second-order valence-electron chi connectivity index (χ2n) is 8.48. The molecule has 0 bridgehead atoms. The molecule has 2 N–H and O–H groups in total. The second kappa shape index (κ2) is 9.34. The lowest BCUT2D eigenvalue weighted by Gasteiger charge is -2.22. The number of hydrogen-bond acceptors (Lipinski definition) is 6. The van der Waals surface area contributed by atoms with E-state index < -0.39 is 23.4 Å². The molecule has 2 aliphatic heterocycles. The Balaban J connectivity index is 1.26. The van der Waals surface area contributed by atoms with Crippen LogP contribution in [0.3, 0.4) is 0 Å². The summed E-state index contributed by atoms with van der Waals surface area (Å²) in [5, 5.41) is 5.58. The van der Waals surface area contributed by atoms with E-state index in [9.17, 15) is 14.4 Å². The molecular weight excluding hydrogens is 466 g/mol. The zero-order valence-electron chi connectivity index (χ0n) is 18.9. The Bertz CT molecular complexity index is 1300. The number of anilines is 1. The number of benzene rings is 3. The number of amides is 4. The van der Waals surface area contributed by atoms with Crippen molar-refractivity contribution in [3.8, 4) is 11.5 Å². The Morgan fingerprint density at radius 1 is 1.03 bits per heavy atom. The van der Waals surface area contributed by atoms with Crippen LogP contribution >= 0.6 is 11.8 Å². The average Bonchev–Trinajstić information content (AvgIpc) is 3.39. The first-order valence-electron chi connectivity index (χ1n) is 11.1. The van der Waals surface area contributed by atoms with E-state index in [2.05, 4.69) is 10.6 Å². The number of para-hydroxylation sites is 1. The van der Waals surface area contributed by atoms with Gasteiger partial charge in [0.1, 0.15) is 12.1 Å². The highest BCUT2D eigenvalue weighted by Gasteiger charge is 2.48. The highest BCUT2D eigenvalue weighted by molar-refractivity contribution is 7.99. The van der Waals surface area contributed by atoms with Crippen LogP contribution in [-0.2, 0) is 16.0 Å². The monoisotopic (exact) mass is 489 g/mol. The van der Waals surface area contributed by atoms with E-state index in [1.165, 1.54) is 11.8 Å². The highest BCUT2D eigenvalue weighted by atomic mass is 32.2. The summed E-state index contributed by atoms with van der Waals surface area (Å²) >= 11 is 1.52. The maximum absolute atomic E-state index is 13.2. The van der Waals surface area contributed by atoms with Crippen molar-refractivity contribution in [2.45, 2.75) is 28.7 Å². The molecule has 3 aromatic carbocycles. The third kappa shape index (κ3) is 4.81. The number of nitrogens with one attached hydrogen (secondary N) is 2. The van der Waals surface area contributed by atoms with Gasteiger partial charge in [0.15, 0.2) is 11.5 Å². The van der Waals surface area contributed by atoms with E-state index in [1.807, 2.05) is 54.6 Å². The molecule has 0 aliphatic carbocycles. The van der Waals surface area contributed by atoms with Crippen LogP contribution in [0.5, 0.6) is 11.5 Å². The van der Waals surface area contributed by atoms with Crippen molar-refractivity contribution in [1.82, 2.24) is 10.2 Å². The van der Waals surface area contributed by atoms with Crippen molar-refractivity contribution in [1.29, 1.82) is 0 Å². The Labute approximate surface area is 206 Å². The second-order valence-corrected chi connectivity index (χ2v) is 9.59. The van der Waals surface area contributed by atoms with Crippen LogP contribution in [0.4, 0.5) is 10.5 Å². The summed E-state index contributed by atoms with van der Waals surface area (Å²) < 4.78 is 10.7. The standard InChI is InChI=1S/C26H23N3O5S/c1-26(14-17-11-12-20-21(13-17)34-16-33-20)24(31)29(25(32)28-26)15-23(30)27-19-9-5-6-10-22(19)35-18-7-3-2-4-8-18/h2-13H,14-16H2,1H3,(H,27,30)(H,28,32). The number of urea groups is 1. The van der Waals surface area contributed by atoms with Gasteiger partial charge in [0.25, 0.3) is 5.91 Å². The first kappa shape index (κ1) is 22.8. The molecule has 1 unspecified atom stereocenters. The largest absolute Gasteiger partial charge is 0.454 e. The maximum Gasteiger partial charge on any atom is 0.325 e. The quantitative estimate of drug-likeness (QED) is 0.486. The lowest BCUT2D eigenvalue weighted by atomic mass is 9.92. The van der Waals surface area contributed by atoms with Crippen molar-refractivity contribution in [2.24, 2.45) is 0 Å². The summed E-state index contributed by atoms with van der Waals surface area (Å²) in [6, 6.07) is 22.0. The lowest BCUT2D eigenvalue weighted by Crippen LogP contribution is -2.46. The van der Waals surface area contributed by atoms with E-state index in [0.717, 1.165) is 20.3 Å². The van der Waals surface area contributed by atoms with Gasteiger partial charge in [-0.3, -0.25) is 14.5 Å². The molecule has 0 radical (unpaired) electrons. The minimum Gasteiger partial charge on any atom is -0.454 e. The molecule has 0 aromatic heterocycles. The number of carbonyl (C=O) groups excluding carboxylic acids is 3. The van der Waals surface area contributed by atoms with Crippen LogP contribution in [0.25, 0.3) is 0 Å². The fourth-order valence-electron chi connectivity index (χ4n) is 4.08. The molecule has 35 heavy (non-hydrogen) atoms. The summed E-state index contributed by atoms with van der Waals surface area (Å²) in [5.74, 6) is 0.333. The normalized spacial score (nSPS) is 18.5. The molecule has 178 valence electrons. The Kier molecular flexibility index (Phi) is 6.08. The van der Waals surface area contributed by atoms with Gasteiger partial charge in [-0.15, -0.1) is 0 Å². The molecule has 2 aliphatic rings. The van der Waals surface area contributed by atoms with Gasteiger partial charge >= 0.3 is 6.03 Å².